The van der Waals surface area contributed by atoms with Crippen LogP contribution in [-0.2, 0) is 12.8 Å². The SMILES string of the molecule is COc1[nH]c(=O)c(C#N)c2c1CCCC2. The highest BCUT2D eigenvalue weighted by Crippen LogP contribution is 2.28. The molecule has 0 aromatic carbocycles. The first-order valence-corrected chi connectivity index (χ1v) is 5.00. The number of hydrogen-bond acceptors (Lipinski definition) is 3. The molecule has 1 N–H and O–H groups in total. The second-order valence-corrected chi connectivity index (χ2v) is 3.64. The molecule has 1 aromatic rings. The number of aromatic amines is 1. The number of H-pyrrole nitrogens is 1. The van der Waals surface area contributed by atoms with E-state index in [4.69, 9.17) is 10.00 Å². The zero-order valence-electron chi connectivity index (χ0n) is 8.59. The lowest BCUT2D eigenvalue weighted by Gasteiger charge is -2.18. The summed E-state index contributed by atoms with van der Waals surface area (Å²) in [5.74, 6) is 0.522. The minimum atomic E-state index is -0.338. The van der Waals surface area contributed by atoms with Gasteiger partial charge in [-0.05, 0) is 31.2 Å². The molecule has 0 bridgehead atoms. The van der Waals surface area contributed by atoms with E-state index < -0.39 is 0 Å². The number of pyridine rings is 1. The number of hydrogen-bond donors (Lipinski definition) is 1. The van der Waals surface area contributed by atoms with Gasteiger partial charge in [-0.1, -0.05) is 0 Å². The molecule has 1 heterocycles. The van der Waals surface area contributed by atoms with Gasteiger partial charge in [0, 0.05) is 5.56 Å². The Morgan fingerprint density at radius 1 is 1.33 bits per heavy atom. The molecule has 0 radical (unpaired) electrons. The smallest absolute Gasteiger partial charge is 0.268 e. The highest BCUT2D eigenvalue weighted by atomic mass is 16.5. The third-order valence-corrected chi connectivity index (χ3v) is 2.81. The largest absolute Gasteiger partial charge is 0.482 e. The van der Waals surface area contributed by atoms with Crippen LogP contribution in [0.3, 0.4) is 0 Å². The Balaban J connectivity index is 2.72. The van der Waals surface area contributed by atoms with Gasteiger partial charge < -0.3 is 4.74 Å². The fraction of sp³-hybridized carbons (Fsp3) is 0.455. The fourth-order valence-electron chi connectivity index (χ4n) is 2.10. The molecule has 0 fully saturated rings. The summed E-state index contributed by atoms with van der Waals surface area (Å²) >= 11 is 0. The van der Waals surface area contributed by atoms with E-state index in [0.717, 1.165) is 36.8 Å². The van der Waals surface area contributed by atoms with Crippen LogP contribution in [0.4, 0.5) is 0 Å². The zero-order valence-corrected chi connectivity index (χ0v) is 8.59. The molecule has 1 aliphatic carbocycles. The molecular formula is C11H12N2O2. The van der Waals surface area contributed by atoms with Crippen molar-refractivity contribution < 1.29 is 4.74 Å². The summed E-state index contributed by atoms with van der Waals surface area (Å²) in [5, 5.41) is 8.93. The standard InChI is InChI=1S/C11H12N2O2/c1-15-11-8-5-3-2-4-7(8)9(6-12)10(14)13-11/h2-5H2,1H3,(H,13,14). The summed E-state index contributed by atoms with van der Waals surface area (Å²) < 4.78 is 5.13. The fourth-order valence-corrected chi connectivity index (χ4v) is 2.10. The molecule has 1 aliphatic rings. The van der Waals surface area contributed by atoms with Crippen LogP contribution >= 0.6 is 0 Å². The number of rotatable bonds is 1. The topological polar surface area (TPSA) is 65.9 Å². The second-order valence-electron chi connectivity index (χ2n) is 3.64. The van der Waals surface area contributed by atoms with Gasteiger partial charge in [-0.2, -0.15) is 5.26 Å². The van der Waals surface area contributed by atoms with E-state index in [9.17, 15) is 4.79 Å². The van der Waals surface area contributed by atoms with Crippen LogP contribution in [0.25, 0.3) is 0 Å². The Morgan fingerprint density at radius 2 is 2.00 bits per heavy atom. The van der Waals surface area contributed by atoms with E-state index in [-0.39, 0.29) is 11.1 Å². The quantitative estimate of drug-likeness (QED) is 0.745. The van der Waals surface area contributed by atoms with Crippen LogP contribution < -0.4 is 10.3 Å². The maximum absolute atomic E-state index is 11.5. The summed E-state index contributed by atoms with van der Waals surface area (Å²) in [6, 6.07) is 1.98. The molecule has 0 aliphatic heterocycles. The molecule has 0 saturated carbocycles. The van der Waals surface area contributed by atoms with Gasteiger partial charge >= 0.3 is 0 Å². The summed E-state index contributed by atoms with van der Waals surface area (Å²) in [5.41, 5.74) is 1.80. The molecule has 78 valence electrons. The van der Waals surface area contributed by atoms with Gasteiger partial charge in [-0.15, -0.1) is 0 Å². The van der Waals surface area contributed by atoms with E-state index in [1.54, 1.807) is 0 Å². The third kappa shape index (κ3) is 1.50. The van der Waals surface area contributed by atoms with Crippen molar-refractivity contribution in [2.45, 2.75) is 25.7 Å². The van der Waals surface area contributed by atoms with Crippen LogP contribution in [0.5, 0.6) is 5.88 Å². The van der Waals surface area contributed by atoms with E-state index in [1.165, 1.54) is 7.11 Å². The first-order valence-electron chi connectivity index (χ1n) is 5.00. The van der Waals surface area contributed by atoms with Crippen molar-refractivity contribution in [3.63, 3.8) is 0 Å². The number of ether oxygens (including phenoxy) is 1. The van der Waals surface area contributed by atoms with Crippen LogP contribution in [0.15, 0.2) is 4.79 Å². The van der Waals surface area contributed by atoms with Gasteiger partial charge in [0.05, 0.1) is 7.11 Å². The van der Waals surface area contributed by atoms with Crippen molar-refractivity contribution in [2.24, 2.45) is 0 Å². The van der Waals surface area contributed by atoms with Gasteiger partial charge in [0.2, 0.25) is 0 Å². The van der Waals surface area contributed by atoms with Gasteiger partial charge in [0.15, 0.2) is 5.88 Å². The van der Waals surface area contributed by atoms with Gasteiger partial charge in [-0.25, -0.2) is 0 Å². The first-order chi connectivity index (χ1) is 7.27. The highest BCUT2D eigenvalue weighted by Gasteiger charge is 2.20. The van der Waals surface area contributed by atoms with Crippen LogP contribution in [-0.4, -0.2) is 12.1 Å². The maximum atomic E-state index is 11.5. The zero-order chi connectivity index (χ0) is 10.8. The molecule has 4 nitrogen and oxygen atoms in total. The summed E-state index contributed by atoms with van der Waals surface area (Å²) in [7, 11) is 1.53. The number of methoxy groups -OCH3 is 1. The average molecular weight is 204 g/mol. The van der Waals surface area contributed by atoms with Gasteiger partial charge in [0.25, 0.3) is 5.56 Å². The first kappa shape index (κ1) is 9.78. The van der Waals surface area contributed by atoms with Crippen molar-refractivity contribution in [1.82, 2.24) is 4.98 Å². The van der Waals surface area contributed by atoms with Crippen molar-refractivity contribution in [3.8, 4) is 11.9 Å². The Hall–Kier alpha value is -1.76. The number of nitrogens with zero attached hydrogens (tertiary/aromatic N) is 1. The normalized spacial score (nSPS) is 14.1. The molecule has 15 heavy (non-hydrogen) atoms. The second kappa shape index (κ2) is 3.77. The minimum absolute atomic E-state index is 0.255. The Kier molecular flexibility index (Phi) is 2.46. The summed E-state index contributed by atoms with van der Waals surface area (Å²) in [4.78, 5) is 14.1. The average Bonchev–Trinajstić information content (AvgIpc) is 2.28. The molecule has 4 heteroatoms. The number of aromatic nitrogens is 1. The van der Waals surface area contributed by atoms with E-state index in [0.29, 0.717) is 5.88 Å². The van der Waals surface area contributed by atoms with Gasteiger partial charge in [0.1, 0.15) is 11.6 Å². The molecule has 0 atom stereocenters. The lowest BCUT2D eigenvalue weighted by molar-refractivity contribution is 0.387. The minimum Gasteiger partial charge on any atom is -0.482 e. The molecule has 0 amide bonds. The molecule has 0 saturated heterocycles. The lowest BCUT2D eigenvalue weighted by Crippen LogP contribution is -2.19. The maximum Gasteiger partial charge on any atom is 0.268 e. The molecular weight excluding hydrogens is 192 g/mol. The Bertz CT molecular complexity index is 483. The monoisotopic (exact) mass is 204 g/mol. The molecule has 0 unspecified atom stereocenters. The summed E-state index contributed by atoms with van der Waals surface area (Å²) in [6.07, 6.45) is 3.80. The number of nitriles is 1. The summed E-state index contributed by atoms with van der Waals surface area (Å²) in [6.45, 7) is 0. The Labute approximate surface area is 87.5 Å². The van der Waals surface area contributed by atoms with Crippen molar-refractivity contribution in [1.29, 1.82) is 5.26 Å². The molecule has 0 spiro atoms. The van der Waals surface area contributed by atoms with E-state index >= 15 is 0 Å². The lowest BCUT2D eigenvalue weighted by atomic mass is 9.90. The highest BCUT2D eigenvalue weighted by molar-refractivity contribution is 5.46. The molecule has 2 rings (SSSR count). The van der Waals surface area contributed by atoms with E-state index in [1.807, 2.05) is 6.07 Å². The van der Waals surface area contributed by atoms with E-state index in [2.05, 4.69) is 4.98 Å². The van der Waals surface area contributed by atoms with Gasteiger partial charge in [-0.3, -0.25) is 9.78 Å². The predicted octanol–water partition coefficient (Wildman–Crippen LogP) is 1.13. The predicted molar refractivity (Wildman–Crippen MR) is 55.0 cm³/mol. The number of nitrogens with one attached hydrogen (secondary N) is 1. The van der Waals surface area contributed by atoms with Crippen molar-refractivity contribution in [2.75, 3.05) is 7.11 Å². The Morgan fingerprint density at radius 3 is 2.60 bits per heavy atom. The van der Waals surface area contributed by atoms with Crippen LogP contribution in [0.2, 0.25) is 0 Å². The van der Waals surface area contributed by atoms with Crippen LogP contribution in [0, 0.1) is 11.3 Å². The van der Waals surface area contributed by atoms with Crippen LogP contribution in [0.1, 0.15) is 29.5 Å². The number of fused-ring (bicyclic) bond motifs is 1. The van der Waals surface area contributed by atoms with Crippen molar-refractivity contribution >= 4 is 0 Å². The molecule has 1 aromatic heterocycles. The van der Waals surface area contributed by atoms with Crippen molar-refractivity contribution in [3.05, 3.63) is 27.0 Å². The third-order valence-electron chi connectivity index (χ3n) is 2.81.